The Morgan fingerprint density at radius 2 is 2.00 bits per heavy atom. The Kier molecular flexibility index (Phi) is 3.62. The highest BCUT2D eigenvalue weighted by Gasteiger charge is 2.12. The van der Waals surface area contributed by atoms with Crippen LogP contribution in [0, 0.1) is 6.92 Å². The van der Waals surface area contributed by atoms with Crippen molar-refractivity contribution in [2.75, 3.05) is 5.32 Å². The molecule has 1 aromatic carbocycles. The molecule has 2 aromatic rings. The lowest BCUT2D eigenvalue weighted by Crippen LogP contribution is -2.13. The number of hydrogen-bond donors (Lipinski definition) is 2. The second-order valence-corrected chi connectivity index (χ2v) is 4.64. The molecule has 0 spiro atoms. The third kappa shape index (κ3) is 2.97. The van der Waals surface area contributed by atoms with Crippen molar-refractivity contribution in [3.63, 3.8) is 0 Å². The Morgan fingerprint density at radius 3 is 2.47 bits per heavy atom. The minimum absolute atomic E-state index is 0.186. The summed E-state index contributed by atoms with van der Waals surface area (Å²) in [6.07, 6.45) is 1.69. The van der Waals surface area contributed by atoms with Gasteiger partial charge in [-0.1, -0.05) is 12.2 Å². The first-order chi connectivity index (χ1) is 8.97. The minimum atomic E-state index is -0.186. The minimum Gasteiger partial charge on any atom is -0.389 e. The van der Waals surface area contributed by atoms with Gasteiger partial charge in [-0.3, -0.25) is 9.48 Å². The first-order valence-corrected chi connectivity index (χ1v) is 6.09. The molecule has 0 radical (unpaired) electrons. The number of rotatable bonds is 3. The second kappa shape index (κ2) is 5.19. The summed E-state index contributed by atoms with van der Waals surface area (Å²) in [4.78, 5) is 12.4. The summed E-state index contributed by atoms with van der Waals surface area (Å²) in [5.74, 6) is -0.186. The van der Waals surface area contributed by atoms with Crippen molar-refractivity contribution in [3.8, 4) is 0 Å². The van der Waals surface area contributed by atoms with E-state index in [-0.39, 0.29) is 5.91 Å². The number of amides is 1. The fourth-order valence-electron chi connectivity index (χ4n) is 1.74. The van der Waals surface area contributed by atoms with Gasteiger partial charge in [0.05, 0.1) is 11.3 Å². The van der Waals surface area contributed by atoms with Crippen LogP contribution < -0.4 is 11.1 Å². The number of aryl methyl sites for hydroxylation is 2. The summed E-state index contributed by atoms with van der Waals surface area (Å²) < 4.78 is 1.61. The van der Waals surface area contributed by atoms with Gasteiger partial charge < -0.3 is 11.1 Å². The van der Waals surface area contributed by atoms with Gasteiger partial charge in [0.2, 0.25) is 0 Å². The lowest BCUT2D eigenvalue weighted by molar-refractivity contribution is 0.102. The molecule has 0 aliphatic carbocycles. The van der Waals surface area contributed by atoms with E-state index in [1.165, 1.54) is 0 Å². The van der Waals surface area contributed by atoms with Crippen molar-refractivity contribution in [1.82, 2.24) is 9.78 Å². The molecule has 1 heterocycles. The molecule has 0 unspecified atom stereocenters. The third-order valence-electron chi connectivity index (χ3n) is 2.69. The zero-order valence-electron chi connectivity index (χ0n) is 10.7. The molecule has 1 amide bonds. The molecule has 0 aliphatic heterocycles. The van der Waals surface area contributed by atoms with E-state index in [9.17, 15) is 4.79 Å². The van der Waals surface area contributed by atoms with Crippen LogP contribution in [0.25, 0.3) is 0 Å². The molecular formula is C13H14N4OS. The summed E-state index contributed by atoms with van der Waals surface area (Å²) in [6.45, 7) is 1.80. The molecule has 1 aromatic heterocycles. The highest BCUT2D eigenvalue weighted by atomic mass is 32.1. The lowest BCUT2D eigenvalue weighted by Gasteiger charge is -2.05. The van der Waals surface area contributed by atoms with Crippen molar-refractivity contribution in [1.29, 1.82) is 0 Å². The van der Waals surface area contributed by atoms with E-state index in [0.717, 1.165) is 5.56 Å². The van der Waals surface area contributed by atoms with Crippen LogP contribution in [0.15, 0.2) is 30.5 Å². The average Bonchev–Trinajstić information content (AvgIpc) is 2.69. The zero-order valence-corrected chi connectivity index (χ0v) is 11.5. The van der Waals surface area contributed by atoms with Crippen molar-refractivity contribution >= 4 is 28.8 Å². The number of thiocarbonyl (C=S) groups is 1. The number of anilines is 1. The summed E-state index contributed by atoms with van der Waals surface area (Å²) in [6, 6.07) is 7.07. The molecular weight excluding hydrogens is 260 g/mol. The van der Waals surface area contributed by atoms with Gasteiger partial charge in [-0.15, -0.1) is 0 Å². The van der Waals surface area contributed by atoms with Gasteiger partial charge in [0, 0.05) is 24.5 Å². The maximum absolute atomic E-state index is 12.1. The standard InChI is InChI=1S/C13H14N4OS/c1-8-11(7-17(2)16-8)13(18)15-10-5-3-9(4-6-10)12(14)19/h3-7H,1-2H3,(H2,14,19)(H,15,18). The molecule has 0 saturated carbocycles. The molecule has 0 atom stereocenters. The Hall–Kier alpha value is -2.21. The average molecular weight is 274 g/mol. The van der Waals surface area contributed by atoms with Crippen molar-refractivity contribution < 1.29 is 4.79 Å². The molecule has 0 fully saturated rings. The molecule has 0 saturated heterocycles. The Balaban J connectivity index is 2.15. The smallest absolute Gasteiger partial charge is 0.259 e. The van der Waals surface area contributed by atoms with E-state index >= 15 is 0 Å². The number of aromatic nitrogens is 2. The zero-order chi connectivity index (χ0) is 14.0. The fourth-order valence-corrected chi connectivity index (χ4v) is 1.87. The van der Waals surface area contributed by atoms with E-state index < -0.39 is 0 Å². The number of nitrogens with two attached hydrogens (primary N) is 1. The first kappa shape index (κ1) is 13.2. The van der Waals surface area contributed by atoms with Crippen LogP contribution in [-0.4, -0.2) is 20.7 Å². The number of carbonyl (C=O) groups excluding carboxylic acids is 1. The topological polar surface area (TPSA) is 72.9 Å². The van der Waals surface area contributed by atoms with E-state index in [1.807, 2.05) is 0 Å². The highest BCUT2D eigenvalue weighted by Crippen LogP contribution is 2.12. The van der Waals surface area contributed by atoms with E-state index in [4.69, 9.17) is 18.0 Å². The molecule has 98 valence electrons. The molecule has 5 nitrogen and oxygen atoms in total. The van der Waals surface area contributed by atoms with Gasteiger partial charge in [-0.25, -0.2) is 0 Å². The Labute approximate surface area is 116 Å². The van der Waals surface area contributed by atoms with Crippen LogP contribution in [0.3, 0.4) is 0 Å². The van der Waals surface area contributed by atoms with Gasteiger partial charge in [0.25, 0.3) is 5.91 Å². The number of benzene rings is 1. The lowest BCUT2D eigenvalue weighted by atomic mass is 10.2. The monoisotopic (exact) mass is 274 g/mol. The van der Waals surface area contributed by atoms with Crippen LogP contribution in [0.4, 0.5) is 5.69 Å². The summed E-state index contributed by atoms with van der Waals surface area (Å²) in [5.41, 5.74) is 8.22. The third-order valence-corrected chi connectivity index (χ3v) is 2.92. The molecule has 19 heavy (non-hydrogen) atoms. The van der Waals surface area contributed by atoms with Gasteiger partial charge in [-0.05, 0) is 31.2 Å². The van der Waals surface area contributed by atoms with Gasteiger partial charge in [0.15, 0.2) is 0 Å². The van der Waals surface area contributed by atoms with Gasteiger partial charge >= 0.3 is 0 Å². The largest absolute Gasteiger partial charge is 0.389 e. The SMILES string of the molecule is Cc1nn(C)cc1C(=O)Nc1ccc(C(N)=S)cc1. The second-order valence-electron chi connectivity index (χ2n) is 4.20. The van der Waals surface area contributed by atoms with Crippen LogP contribution in [0.2, 0.25) is 0 Å². The summed E-state index contributed by atoms with van der Waals surface area (Å²) >= 11 is 4.87. The van der Waals surface area contributed by atoms with Gasteiger partial charge in [-0.2, -0.15) is 5.10 Å². The van der Waals surface area contributed by atoms with Crippen LogP contribution in [0.5, 0.6) is 0 Å². The molecule has 3 N–H and O–H groups in total. The quantitative estimate of drug-likeness (QED) is 0.834. The van der Waals surface area contributed by atoms with E-state index in [2.05, 4.69) is 10.4 Å². The predicted octanol–water partition coefficient (Wildman–Crippen LogP) is 1.62. The van der Waals surface area contributed by atoms with Crippen molar-refractivity contribution in [2.24, 2.45) is 12.8 Å². The Morgan fingerprint density at radius 1 is 1.37 bits per heavy atom. The van der Waals surface area contributed by atoms with Crippen molar-refractivity contribution in [3.05, 3.63) is 47.3 Å². The fraction of sp³-hybridized carbons (Fsp3) is 0.154. The van der Waals surface area contributed by atoms with E-state index in [1.54, 1.807) is 49.1 Å². The molecule has 6 heteroatoms. The van der Waals surface area contributed by atoms with Crippen LogP contribution >= 0.6 is 12.2 Å². The molecule has 0 aliphatic rings. The summed E-state index contributed by atoms with van der Waals surface area (Å²) in [7, 11) is 1.78. The van der Waals surface area contributed by atoms with Crippen LogP contribution in [0.1, 0.15) is 21.6 Å². The van der Waals surface area contributed by atoms with Crippen LogP contribution in [-0.2, 0) is 7.05 Å². The number of nitrogens with zero attached hydrogens (tertiary/aromatic N) is 2. The number of nitrogens with one attached hydrogen (secondary N) is 1. The highest BCUT2D eigenvalue weighted by molar-refractivity contribution is 7.80. The number of hydrogen-bond acceptors (Lipinski definition) is 3. The molecule has 2 rings (SSSR count). The van der Waals surface area contributed by atoms with E-state index in [0.29, 0.717) is 21.9 Å². The predicted molar refractivity (Wildman–Crippen MR) is 78.2 cm³/mol. The normalized spacial score (nSPS) is 10.2. The molecule has 0 bridgehead atoms. The summed E-state index contributed by atoms with van der Waals surface area (Å²) in [5, 5.41) is 6.94. The maximum Gasteiger partial charge on any atom is 0.259 e. The first-order valence-electron chi connectivity index (χ1n) is 5.69. The van der Waals surface area contributed by atoms with Gasteiger partial charge in [0.1, 0.15) is 4.99 Å². The Bertz CT molecular complexity index is 631. The van der Waals surface area contributed by atoms with Crippen molar-refractivity contribution in [2.45, 2.75) is 6.92 Å². The maximum atomic E-state index is 12.1. The number of carbonyl (C=O) groups is 1.